The Labute approximate surface area is 122 Å². The molecule has 0 fully saturated rings. The van der Waals surface area contributed by atoms with Gasteiger partial charge in [-0.1, -0.05) is 5.57 Å². The lowest BCUT2D eigenvalue weighted by Gasteiger charge is -2.17. The van der Waals surface area contributed by atoms with Crippen LogP contribution in [0.5, 0.6) is 11.5 Å². The fraction of sp³-hybridized carbons (Fsp3) is 0.312. The van der Waals surface area contributed by atoms with Crippen molar-refractivity contribution in [3.63, 3.8) is 0 Å². The van der Waals surface area contributed by atoms with E-state index in [4.69, 9.17) is 9.15 Å². The summed E-state index contributed by atoms with van der Waals surface area (Å²) in [6, 6.07) is 2.61. The summed E-state index contributed by atoms with van der Waals surface area (Å²) in [6.45, 7) is 7.19. The van der Waals surface area contributed by atoms with E-state index in [1.165, 1.54) is 19.2 Å². The number of fused-ring (bicyclic) bond motifs is 1. The number of aryl methyl sites for hydroxylation is 1. The number of hydrogen-bond donors (Lipinski definition) is 2. The van der Waals surface area contributed by atoms with Crippen LogP contribution in [0.4, 0.5) is 0 Å². The number of phenolic OH excluding ortho intramolecular Hbond substituents is 1. The highest BCUT2D eigenvalue weighted by Gasteiger charge is 2.23. The van der Waals surface area contributed by atoms with E-state index in [1.807, 2.05) is 0 Å². The molecule has 21 heavy (non-hydrogen) atoms. The molecule has 1 aromatic heterocycles. The molecule has 0 radical (unpaired) electrons. The molecule has 0 unspecified atom stereocenters. The van der Waals surface area contributed by atoms with Gasteiger partial charge in [-0.2, -0.15) is 0 Å². The van der Waals surface area contributed by atoms with E-state index in [1.54, 1.807) is 13.8 Å². The molecule has 2 rings (SSSR count). The first-order valence-electron chi connectivity index (χ1n) is 6.52. The topological polar surface area (TPSA) is 79.9 Å². The number of ether oxygens (including phenoxy) is 1. The molecular formula is C16H18O5. The molecule has 2 aromatic rings. The first kappa shape index (κ1) is 15.1. The zero-order valence-electron chi connectivity index (χ0n) is 12.3. The molecule has 1 aromatic carbocycles. The largest absolute Gasteiger partial charge is 0.507 e. The highest BCUT2D eigenvalue weighted by molar-refractivity contribution is 5.88. The number of methoxy groups -OCH3 is 1. The SMILES string of the molecule is C=C(C)C[C@@H](O)c1c(OC)cc(O)c2c(=O)cc(C)oc12. The van der Waals surface area contributed by atoms with Crippen molar-refractivity contribution in [2.45, 2.75) is 26.4 Å². The summed E-state index contributed by atoms with van der Waals surface area (Å²) >= 11 is 0. The molecule has 5 heteroatoms. The van der Waals surface area contributed by atoms with Crippen LogP contribution in [0, 0.1) is 6.92 Å². The molecule has 0 saturated carbocycles. The number of rotatable bonds is 4. The predicted molar refractivity (Wildman–Crippen MR) is 79.8 cm³/mol. The first-order chi connectivity index (χ1) is 9.85. The van der Waals surface area contributed by atoms with E-state index >= 15 is 0 Å². The number of hydrogen-bond acceptors (Lipinski definition) is 5. The Kier molecular flexibility index (Phi) is 4.04. The van der Waals surface area contributed by atoms with Crippen LogP contribution >= 0.6 is 0 Å². The van der Waals surface area contributed by atoms with Gasteiger partial charge in [0.25, 0.3) is 0 Å². The normalized spacial score (nSPS) is 12.4. The molecular weight excluding hydrogens is 272 g/mol. The fourth-order valence-electron chi connectivity index (χ4n) is 2.34. The Morgan fingerprint density at radius 3 is 2.71 bits per heavy atom. The number of phenols is 1. The molecule has 0 saturated heterocycles. The molecule has 1 heterocycles. The molecule has 0 bridgehead atoms. The summed E-state index contributed by atoms with van der Waals surface area (Å²) < 4.78 is 10.8. The summed E-state index contributed by atoms with van der Waals surface area (Å²) in [6.07, 6.45) is -0.640. The molecule has 5 nitrogen and oxygen atoms in total. The Balaban J connectivity index is 2.86. The van der Waals surface area contributed by atoms with Gasteiger partial charge in [-0.25, -0.2) is 0 Å². The second-order valence-electron chi connectivity index (χ2n) is 5.11. The van der Waals surface area contributed by atoms with Crippen LogP contribution in [0.1, 0.15) is 30.8 Å². The number of aliphatic hydroxyl groups is 1. The van der Waals surface area contributed by atoms with Crippen molar-refractivity contribution in [1.82, 2.24) is 0 Å². The average Bonchev–Trinajstić information content (AvgIpc) is 2.35. The maximum atomic E-state index is 12.1. The van der Waals surface area contributed by atoms with Gasteiger partial charge in [0.1, 0.15) is 22.6 Å². The summed E-state index contributed by atoms with van der Waals surface area (Å²) in [5.74, 6) is 0.424. The highest BCUT2D eigenvalue weighted by Crippen LogP contribution is 2.39. The Morgan fingerprint density at radius 2 is 2.14 bits per heavy atom. The number of aromatic hydroxyl groups is 1. The highest BCUT2D eigenvalue weighted by atomic mass is 16.5. The van der Waals surface area contributed by atoms with Crippen molar-refractivity contribution in [1.29, 1.82) is 0 Å². The van der Waals surface area contributed by atoms with Gasteiger partial charge in [-0.15, -0.1) is 6.58 Å². The predicted octanol–water partition coefficient (Wildman–Crippen LogP) is 2.82. The van der Waals surface area contributed by atoms with Gasteiger partial charge in [0.15, 0.2) is 11.0 Å². The lowest BCUT2D eigenvalue weighted by Crippen LogP contribution is -2.07. The van der Waals surface area contributed by atoms with Gasteiger partial charge in [-0.05, 0) is 20.3 Å². The molecule has 112 valence electrons. The maximum Gasteiger partial charge on any atom is 0.196 e. The average molecular weight is 290 g/mol. The zero-order valence-corrected chi connectivity index (χ0v) is 12.3. The molecule has 0 aliphatic carbocycles. The van der Waals surface area contributed by atoms with Crippen LogP contribution in [-0.2, 0) is 0 Å². The van der Waals surface area contributed by atoms with E-state index in [0.29, 0.717) is 17.7 Å². The van der Waals surface area contributed by atoms with Crippen LogP contribution in [0.2, 0.25) is 0 Å². The van der Waals surface area contributed by atoms with Gasteiger partial charge >= 0.3 is 0 Å². The van der Waals surface area contributed by atoms with Gasteiger partial charge < -0.3 is 19.4 Å². The van der Waals surface area contributed by atoms with Crippen LogP contribution in [-0.4, -0.2) is 17.3 Å². The monoisotopic (exact) mass is 290 g/mol. The number of benzene rings is 1. The maximum absolute atomic E-state index is 12.1. The van der Waals surface area contributed by atoms with E-state index < -0.39 is 6.10 Å². The second kappa shape index (κ2) is 5.61. The van der Waals surface area contributed by atoms with Crippen molar-refractivity contribution in [2.75, 3.05) is 7.11 Å². The van der Waals surface area contributed by atoms with E-state index in [2.05, 4.69) is 6.58 Å². The number of aliphatic hydroxyl groups excluding tert-OH is 1. The molecule has 0 spiro atoms. The van der Waals surface area contributed by atoms with Crippen LogP contribution in [0.3, 0.4) is 0 Å². The van der Waals surface area contributed by atoms with Crippen molar-refractivity contribution in [2.24, 2.45) is 0 Å². The minimum atomic E-state index is -0.939. The van der Waals surface area contributed by atoms with Crippen molar-refractivity contribution in [3.05, 3.63) is 45.8 Å². The van der Waals surface area contributed by atoms with Crippen molar-refractivity contribution < 1.29 is 19.4 Å². The fourth-order valence-corrected chi connectivity index (χ4v) is 2.34. The standard InChI is InChI=1S/C16H18O5/c1-8(2)5-10(17)15-13(20-4)7-12(19)14-11(18)6-9(3)21-16(14)15/h6-7,10,17,19H,1,5H2,2-4H3/t10-/m1/s1. The van der Waals surface area contributed by atoms with Crippen molar-refractivity contribution in [3.8, 4) is 11.5 Å². The van der Waals surface area contributed by atoms with Crippen LogP contribution in [0.25, 0.3) is 11.0 Å². The third kappa shape index (κ3) is 2.78. The summed E-state index contributed by atoms with van der Waals surface area (Å²) in [5.41, 5.74) is 0.901. The van der Waals surface area contributed by atoms with E-state index in [0.717, 1.165) is 5.57 Å². The Hall–Kier alpha value is -2.27. The molecule has 0 aliphatic heterocycles. The van der Waals surface area contributed by atoms with Gasteiger partial charge in [0, 0.05) is 12.1 Å². The lowest BCUT2D eigenvalue weighted by atomic mass is 9.99. The van der Waals surface area contributed by atoms with Crippen LogP contribution < -0.4 is 10.2 Å². The van der Waals surface area contributed by atoms with E-state index in [-0.39, 0.29) is 27.9 Å². The summed E-state index contributed by atoms with van der Waals surface area (Å²) in [5, 5.41) is 20.4. The third-order valence-corrected chi connectivity index (χ3v) is 3.20. The zero-order chi connectivity index (χ0) is 15.7. The lowest BCUT2D eigenvalue weighted by molar-refractivity contribution is 0.174. The smallest absolute Gasteiger partial charge is 0.196 e. The second-order valence-corrected chi connectivity index (χ2v) is 5.11. The third-order valence-electron chi connectivity index (χ3n) is 3.20. The van der Waals surface area contributed by atoms with Gasteiger partial charge in [0.05, 0.1) is 18.8 Å². The first-order valence-corrected chi connectivity index (χ1v) is 6.52. The van der Waals surface area contributed by atoms with E-state index in [9.17, 15) is 15.0 Å². The summed E-state index contributed by atoms with van der Waals surface area (Å²) in [4.78, 5) is 12.1. The molecule has 0 aliphatic rings. The minimum Gasteiger partial charge on any atom is -0.507 e. The molecule has 0 amide bonds. The molecule has 2 N–H and O–H groups in total. The molecule has 1 atom stereocenters. The van der Waals surface area contributed by atoms with Gasteiger partial charge in [0.2, 0.25) is 0 Å². The Bertz CT molecular complexity index is 757. The van der Waals surface area contributed by atoms with Crippen molar-refractivity contribution >= 4 is 11.0 Å². The summed E-state index contributed by atoms with van der Waals surface area (Å²) in [7, 11) is 1.42. The quantitative estimate of drug-likeness (QED) is 0.846. The van der Waals surface area contributed by atoms with Gasteiger partial charge in [-0.3, -0.25) is 4.79 Å². The minimum absolute atomic E-state index is 0.0390. The Morgan fingerprint density at radius 1 is 1.48 bits per heavy atom. The van der Waals surface area contributed by atoms with Crippen LogP contribution in [0.15, 0.2) is 33.5 Å².